The molecule has 0 unspecified atom stereocenters. The summed E-state index contributed by atoms with van der Waals surface area (Å²) in [6.07, 6.45) is 2.32. The van der Waals surface area contributed by atoms with Crippen LogP contribution in [0.1, 0.15) is 23.8 Å². The molecule has 17 heavy (non-hydrogen) atoms. The number of hydrogen-bond donors (Lipinski definition) is 1. The van der Waals surface area contributed by atoms with Gasteiger partial charge in [0.15, 0.2) is 5.69 Å². The second kappa shape index (κ2) is 4.82. The van der Waals surface area contributed by atoms with Gasteiger partial charge in [-0.2, -0.15) is 0 Å². The fourth-order valence-electron chi connectivity index (χ4n) is 1.58. The molecule has 0 atom stereocenters. The molecule has 1 N–H and O–H groups in total. The predicted molar refractivity (Wildman–Crippen MR) is 64.0 cm³/mol. The minimum absolute atomic E-state index is 0.107. The predicted octanol–water partition coefficient (Wildman–Crippen LogP) is 2.51. The Morgan fingerprint density at radius 1 is 1.41 bits per heavy atom. The van der Waals surface area contributed by atoms with Gasteiger partial charge in [0.2, 0.25) is 0 Å². The molecule has 1 aromatic carbocycles. The lowest BCUT2D eigenvalue weighted by Crippen LogP contribution is -2.08. The summed E-state index contributed by atoms with van der Waals surface area (Å²) in [6, 6.07) is 6.61. The van der Waals surface area contributed by atoms with E-state index >= 15 is 0 Å². The lowest BCUT2D eigenvalue weighted by Gasteiger charge is -2.06. The first kappa shape index (κ1) is 11.4. The van der Waals surface area contributed by atoms with Crippen LogP contribution >= 0.6 is 0 Å². The van der Waals surface area contributed by atoms with Crippen molar-refractivity contribution in [3.8, 4) is 5.75 Å². The number of hydrogen-bond acceptors (Lipinski definition) is 4. The van der Waals surface area contributed by atoms with E-state index in [0.29, 0.717) is 12.0 Å². The number of phenols is 1. The average Bonchev–Trinajstić information content (AvgIpc) is 2.35. The third kappa shape index (κ3) is 2.36. The fraction of sp³-hybridized carbons (Fsp3) is 0.231. The molecule has 0 radical (unpaired) electrons. The van der Waals surface area contributed by atoms with E-state index in [1.54, 1.807) is 24.4 Å². The zero-order valence-corrected chi connectivity index (χ0v) is 9.51. The summed E-state index contributed by atoms with van der Waals surface area (Å²) in [4.78, 5) is 15.8. The Bertz CT molecular complexity index is 551. The molecule has 0 saturated carbocycles. The maximum Gasteiger partial charge on any atom is 0.357 e. The normalized spacial score (nSPS) is 10.4. The average molecular weight is 231 g/mol. The third-order valence-corrected chi connectivity index (χ3v) is 2.38. The maximum absolute atomic E-state index is 11.8. The summed E-state index contributed by atoms with van der Waals surface area (Å²) in [5, 5.41) is 10.9. The highest BCUT2D eigenvalue weighted by molar-refractivity contribution is 6.02. The van der Waals surface area contributed by atoms with Crippen LogP contribution in [0.15, 0.2) is 30.5 Å². The molecule has 4 nitrogen and oxygen atoms in total. The van der Waals surface area contributed by atoms with Gasteiger partial charge in [-0.3, -0.25) is 0 Å². The number of carbonyl (C=O) groups excluding carboxylic acids is 1. The minimum atomic E-state index is -0.456. The second-order valence-electron chi connectivity index (χ2n) is 3.70. The van der Waals surface area contributed by atoms with Gasteiger partial charge in [0.1, 0.15) is 5.75 Å². The molecular formula is C13H13NO3. The summed E-state index contributed by atoms with van der Waals surface area (Å²) in [5.41, 5.74) is 0.242. The maximum atomic E-state index is 11.8. The number of aromatic hydroxyl groups is 1. The molecule has 1 heterocycles. The quantitative estimate of drug-likeness (QED) is 0.824. The van der Waals surface area contributed by atoms with Gasteiger partial charge < -0.3 is 9.84 Å². The molecule has 0 bridgehead atoms. The van der Waals surface area contributed by atoms with Crippen LogP contribution in [-0.2, 0) is 4.74 Å². The molecule has 0 aliphatic heterocycles. The number of carbonyl (C=O) groups is 1. The van der Waals surface area contributed by atoms with Crippen molar-refractivity contribution in [1.82, 2.24) is 4.98 Å². The van der Waals surface area contributed by atoms with E-state index in [2.05, 4.69) is 4.98 Å². The lowest BCUT2D eigenvalue weighted by molar-refractivity contribution is 0.0501. The Balaban J connectivity index is 2.46. The lowest BCUT2D eigenvalue weighted by atomic mass is 10.1. The molecule has 0 aliphatic carbocycles. The highest BCUT2D eigenvalue weighted by Gasteiger charge is 2.13. The largest absolute Gasteiger partial charge is 0.508 e. The SMILES string of the molecule is CCCOC(=O)c1nccc2ccc(O)cc12. The molecule has 0 aliphatic rings. The zero-order chi connectivity index (χ0) is 12.3. The van der Waals surface area contributed by atoms with Gasteiger partial charge in [-0.05, 0) is 30.0 Å². The second-order valence-corrected chi connectivity index (χ2v) is 3.70. The van der Waals surface area contributed by atoms with Crippen molar-refractivity contribution in [2.45, 2.75) is 13.3 Å². The number of nitrogens with zero attached hydrogens (tertiary/aromatic N) is 1. The van der Waals surface area contributed by atoms with E-state index in [1.807, 2.05) is 6.92 Å². The van der Waals surface area contributed by atoms with E-state index in [1.165, 1.54) is 6.07 Å². The molecule has 0 spiro atoms. The number of fused-ring (bicyclic) bond motifs is 1. The minimum Gasteiger partial charge on any atom is -0.508 e. The van der Waals surface area contributed by atoms with Crippen molar-refractivity contribution in [2.24, 2.45) is 0 Å². The first-order chi connectivity index (χ1) is 8.22. The molecule has 2 rings (SSSR count). The van der Waals surface area contributed by atoms with E-state index in [9.17, 15) is 9.90 Å². The van der Waals surface area contributed by atoms with Crippen molar-refractivity contribution in [2.75, 3.05) is 6.61 Å². The first-order valence-corrected chi connectivity index (χ1v) is 5.47. The highest BCUT2D eigenvalue weighted by Crippen LogP contribution is 2.22. The smallest absolute Gasteiger partial charge is 0.357 e. The van der Waals surface area contributed by atoms with Crippen molar-refractivity contribution in [3.63, 3.8) is 0 Å². The Morgan fingerprint density at radius 3 is 3.00 bits per heavy atom. The summed E-state index contributed by atoms with van der Waals surface area (Å²) >= 11 is 0. The molecular weight excluding hydrogens is 218 g/mol. The number of benzene rings is 1. The van der Waals surface area contributed by atoms with Crippen LogP contribution in [0, 0.1) is 0 Å². The van der Waals surface area contributed by atoms with Crippen molar-refractivity contribution in [3.05, 3.63) is 36.2 Å². The van der Waals surface area contributed by atoms with Crippen LogP contribution in [-0.4, -0.2) is 22.7 Å². The number of rotatable bonds is 3. The number of ether oxygens (including phenoxy) is 1. The molecule has 0 fully saturated rings. The van der Waals surface area contributed by atoms with Crippen molar-refractivity contribution < 1.29 is 14.6 Å². The summed E-state index contributed by atoms with van der Waals surface area (Å²) in [5.74, 6) is -0.349. The topological polar surface area (TPSA) is 59.4 Å². The molecule has 1 aromatic heterocycles. The van der Waals surface area contributed by atoms with Crippen LogP contribution in [0.25, 0.3) is 10.8 Å². The van der Waals surface area contributed by atoms with Crippen LogP contribution in [0.5, 0.6) is 5.75 Å². The van der Waals surface area contributed by atoms with Gasteiger partial charge in [0.05, 0.1) is 6.61 Å². The van der Waals surface area contributed by atoms with Crippen LogP contribution < -0.4 is 0 Å². The standard InChI is InChI=1S/C13H13NO3/c1-2-7-17-13(16)12-11-8-10(15)4-3-9(11)5-6-14-12/h3-6,8,15H,2,7H2,1H3. The van der Waals surface area contributed by atoms with Gasteiger partial charge in [0.25, 0.3) is 0 Å². The van der Waals surface area contributed by atoms with Crippen LogP contribution in [0.3, 0.4) is 0 Å². The third-order valence-electron chi connectivity index (χ3n) is 2.38. The van der Waals surface area contributed by atoms with Gasteiger partial charge >= 0.3 is 5.97 Å². The monoisotopic (exact) mass is 231 g/mol. The summed E-state index contributed by atoms with van der Waals surface area (Å²) in [7, 11) is 0. The Morgan fingerprint density at radius 2 is 2.24 bits per heavy atom. The van der Waals surface area contributed by atoms with Crippen molar-refractivity contribution in [1.29, 1.82) is 0 Å². The molecule has 0 amide bonds. The summed E-state index contributed by atoms with van der Waals surface area (Å²) in [6.45, 7) is 2.30. The molecule has 4 heteroatoms. The number of aromatic nitrogens is 1. The number of esters is 1. The number of pyridine rings is 1. The van der Waals surface area contributed by atoms with E-state index in [-0.39, 0.29) is 11.4 Å². The van der Waals surface area contributed by atoms with Gasteiger partial charge in [0, 0.05) is 11.6 Å². The Kier molecular flexibility index (Phi) is 3.23. The fourth-order valence-corrected chi connectivity index (χ4v) is 1.58. The number of phenolic OH excluding ortho intramolecular Hbond substituents is 1. The zero-order valence-electron chi connectivity index (χ0n) is 9.51. The van der Waals surface area contributed by atoms with E-state index in [0.717, 1.165) is 11.8 Å². The summed E-state index contributed by atoms with van der Waals surface area (Å²) < 4.78 is 5.04. The Labute approximate surface area is 98.9 Å². The Hall–Kier alpha value is -2.10. The van der Waals surface area contributed by atoms with Crippen molar-refractivity contribution >= 4 is 16.7 Å². The molecule has 2 aromatic rings. The van der Waals surface area contributed by atoms with Gasteiger partial charge in [-0.1, -0.05) is 13.0 Å². The van der Waals surface area contributed by atoms with Gasteiger partial charge in [-0.15, -0.1) is 0 Å². The molecule has 88 valence electrons. The first-order valence-electron chi connectivity index (χ1n) is 5.47. The van der Waals surface area contributed by atoms with E-state index < -0.39 is 5.97 Å². The van der Waals surface area contributed by atoms with Crippen LogP contribution in [0.2, 0.25) is 0 Å². The van der Waals surface area contributed by atoms with Crippen LogP contribution in [0.4, 0.5) is 0 Å². The van der Waals surface area contributed by atoms with Gasteiger partial charge in [-0.25, -0.2) is 9.78 Å². The highest BCUT2D eigenvalue weighted by atomic mass is 16.5. The molecule has 0 saturated heterocycles. The van der Waals surface area contributed by atoms with E-state index in [4.69, 9.17) is 4.74 Å².